The minimum absolute atomic E-state index is 0.168. The molecule has 0 fully saturated rings. The average Bonchev–Trinajstić information content (AvgIpc) is 2.26. The molecule has 0 amide bonds. The van der Waals surface area contributed by atoms with Gasteiger partial charge in [0.15, 0.2) is 5.78 Å². The smallest absolute Gasteiger partial charge is 0.340 e. The third kappa shape index (κ3) is 7.40. The van der Waals surface area contributed by atoms with Gasteiger partial charge in [0.1, 0.15) is 0 Å². The van der Waals surface area contributed by atoms with Crippen LogP contribution in [-0.2, 0) is 9.59 Å². The molecular formula is C12H22O4. The molecule has 0 aliphatic rings. The fraction of sp³-hybridized carbons (Fsp3) is 0.833. The number of aliphatic carboxylic acids is 1. The van der Waals surface area contributed by atoms with Crippen molar-refractivity contribution in [1.82, 2.24) is 0 Å². The first-order valence-electron chi connectivity index (χ1n) is 6.03. The highest BCUT2D eigenvalue weighted by molar-refractivity contribution is 6.00. The molecule has 0 saturated carbocycles. The standard InChI is InChI=1S/C12H22O4/c1-2-3-4-5-6-7-8-9-10(13)11(14)12(15)16/h11,14H,2-9H2,1H3,(H,15,16). The van der Waals surface area contributed by atoms with Crippen LogP contribution in [0.3, 0.4) is 0 Å². The van der Waals surface area contributed by atoms with E-state index in [0.717, 1.165) is 12.8 Å². The van der Waals surface area contributed by atoms with Crippen LogP contribution in [0.15, 0.2) is 0 Å². The first kappa shape index (κ1) is 15.1. The van der Waals surface area contributed by atoms with E-state index in [1.54, 1.807) is 0 Å². The maximum atomic E-state index is 11.1. The summed E-state index contributed by atoms with van der Waals surface area (Å²) < 4.78 is 0. The summed E-state index contributed by atoms with van der Waals surface area (Å²) in [6, 6.07) is 0. The lowest BCUT2D eigenvalue weighted by molar-refractivity contribution is -0.152. The monoisotopic (exact) mass is 230 g/mol. The fourth-order valence-corrected chi connectivity index (χ4v) is 1.53. The number of rotatable bonds is 10. The van der Waals surface area contributed by atoms with Crippen LogP contribution in [-0.4, -0.2) is 28.1 Å². The molecule has 1 unspecified atom stereocenters. The SMILES string of the molecule is CCCCCCCCCC(=O)C(O)C(=O)O. The van der Waals surface area contributed by atoms with Crippen LogP contribution in [0.4, 0.5) is 0 Å². The van der Waals surface area contributed by atoms with Gasteiger partial charge >= 0.3 is 5.97 Å². The minimum Gasteiger partial charge on any atom is -0.479 e. The van der Waals surface area contributed by atoms with Gasteiger partial charge in [0.05, 0.1) is 0 Å². The zero-order chi connectivity index (χ0) is 12.4. The van der Waals surface area contributed by atoms with Crippen LogP contribution in [0.2, 0.25) is 0 Å². The molecular weight excluding hydrogens is 208 g/mol. The topological polar surface area (TPSA) is 74.6 Å². The number of carbonyl (C=O) groups is 2. The van der Waals surface area contributed by atoms with Gasteiger partial charge in [-0.2, -0.15) is 0 Å². The van der Waals surface area contributed by atoms with Gasteiger partial charge < -0.3 is 10.2 Å². The van der Waals surface area contributed by atoms with Crippen molar-refractivity contribution in [3.05, 3.63) is 0 Å². The second-order valence-corrected chi connectivity index (χ2v) is 4.08. The van der Waals surface area contributed by atoms with E-state index in [0.29, 0.717) is 6.42 Å². The summed E-state index contributed by atoms with van der Waals surface area (Å²) in [6.07, 6.45) is 5.88. The largest absolute Gasteiger partial charge is 0.479 e. The molecule has 0 aromatic carbocycles. The summed E-state index contributed by atoms with van der Waals surface area (Å²) in [7, 11) is 0. The lowest BCUT2D eigenvalue weighted by atomic mass is 10.0. The Morgan fingerprint density at radius 3 is 2.00 bits per heavy atom. The molecule has 0 aromatic heterocycles. The van der Waals surface area contributed by atoms with Crippen molar-refractivity contribution in [3.63, 3.8) is 0 Å². The van der Waals surface area contributed by atoms with Crippen molar-refractivity contribution >= 4 is 11.8 Å². The second-order valence-electron chi connectivity index (χ2n) is 4.08. The number of carboxylic acids is 1. The lowest BCUT2D eigenvalue weighted by Gasteiger charge is -2.04. The first-order valence-corrected chi connectivity index (χ1v) is 6.03. The number of Topliss-reactive ketones (excluding diaryl/α,β-unsaturated/α-hetero) is 1. The predicted molar refractivity (Wildman–Crippen MR) is 61.3 cm³/mol. The number of aliphatic hydroxyl groups excluding tert-OH is 1. The van der Waals surface area contributed by atoms with Gasteiger partial charge in [-0.3, -0.25) is 4.79 Å². The summed E-state index contributed by atoms with van der Waals surface area (Å²) >= 11 is 0. The van der Waals surface area contributed by atoms with Gasteiger partial charge in [0, 0.05) is 6.42 Å². The minimum atomic E-state index is -1.83. The zero-order valence-electron chi connectivity index (χ0n) is 9.95. The first-order chi connectivity index (χ1) is 7.59. The number of hydrogen-bond acceptors (Lipinski definition) is 3. The van der Waals surface area contributed by atoms with E-state index in [2.05, 4.69) is 6.92 Å². The molecule has 0 aromatic rings. The molecule has 0 saturated heterocycles. The Kier molecular flexibility index (Phi) is 8.81. The Morgan fingerprint density at radius 2 is 1.50 bits per heavy atom. The van der Waals surface area contributed by atoms with Crippen LogP contribution in [0.5, 0.6) is 0 Å². The highest BCUT2D eigenvalue weighted by Gasteiger charge is 2.21. The van der Waals surface area contributed by atoms with Crippen LogP contribution < -0.4 is 0 Å². The fourth-order valence-electron chi connectivity index (χ4n) is 1.53. The number of carbonyl (C=O) groups excluding carboxylic acids is 1. The summed E-state index contributed by atoms with van der Waals surface area (Å²) in [5.74, 6) is -2.03. The molecule has 0 heterocycles. The zero-order valence-corrected chi connectivity index (χ0v) is 9.95. The van der Waals surface area contributed by atoms with Crippen molar-refractivity contribution in [1.29, 1.82) is 0 Å². The Morgan fingerprint density at radius 1 is 1.00 bits per heavy atom. The predicted octanol–water partition coefficient (Wildman–Crippen LogP) is 2.14. The molecule has 0 aliphatic carbocycles. The lowest BCUT2D eigenvalue weighted by Crippen LogP contribution is -2.29. The summed E-state index contributed by atoms with van der Waals surface area (Å²) in [6.45, 7) is 2.16. The van der Waals surface area contributed by atoms with Crippen molar-refractivity contribution < 1.29 is 19.8 Å². The molecule has 94 valence electrons. The number of ketones is 1. The molecule has 0 bridgehead atoms. The number of carboxylic acid groups (broad SMARTS) is 1. The maximum Gasteiger partial charge on any atom is 0.340 e. The van der Waals surface area contributed by atoms with Gasteiger partial charge in [-0.15, -0.1) is 0 Å². The van der Waals surface area contributed by atoms with Gasteiger partial charge in [-0.1, -0.05) is 45.4 Å². The number of hydrogen-bond donors (Lipinski definition) is 2. The quantitative estimate of drug-likeness (QED) is 0.445. The Balaban J connectivity index is 3.38. The second kappa shape index (κ2) is 9.33. The van der Waals surface area contributed by atoms with E-state index in [1.165, 1.54) is 25.7 Å². The summed E-state index contributed by atoms with van der Waals surface area (Å²) in [4.78, 5) is 21.4. The van der Waals surface area contributed by atoms with Crippen molar-refractivity contribution in [2.45, 2.75) is 64.4 Å². The normalized spacial score (nSPS) is 12.4. The molecule has 0 rings (SSSR count). The van der Waals surface area contributed by atoms with E-state index in [9.17, 15) is 9.59 Å². The summed E-state index contributed by atoms with van der Waals surface area (Å²) in [5.41, 5.74) is 0. The van der Waals surface area contributed by atoms with Gasteiger partial charge in [0.2, 0.25) is 6.10 Å². The van der Waals surface area contributed by atoms with Crippen LogP contribution in [0.25, 0.3) is 0 Å². The molecule has 4 heteroatoms. The maximum absolute atomic E-state index is 11.1. The molecule has 0 spiro atoms. The van der Waals surface area contributed by atoms with Crippen molar-refractivity contribution in [3.8, 4) is 0 Å². The Bertz CT molecular complexity index is 213. The van der Waals surface area contributed by atoms with Crippen molar-refractivity contribution in [2.75, 3.05) is 0 Å². The highest BCUT2D eigenvalue weighted by atomic mass is 16.4. The van der Waals surface area contributed by atoms with Gasteiger partial charge in [-0.25, -0.2) is 4.79 Å². The van der Waals surface area contributed by atoms with Crippen LogP contribution in [0, 0.1) is 0 Å². The average molecular weight is 230 g/mol. The Labute approximate surface area is 96.7 Å². The third-order valence-corrected chi connectivity index (χ3v) is 2.57. The van der Waals surface area contributed by atoms with E-state index in [1.807, 2.05) is 0 Å². The van der Waals surface area contributed by atoms with Gasteiger partial charge in [-0.05, 0) is 6.42 Å². The van der Waals surface area contributed by atoms with E-state index >= 15 is 0 Å². The Hall–Kier alpha value is -0.900. The number of aliphatic hydroxyl groups is 1. The van der Waals surface area contributed by atoms with Crippen LogP contribution in [0.1, 0.15) is 58.3 Å². The molecule has 2 N–H and O–H groups in total. The van der Waals surface area contributed by atoms with Crippen molar-refractivity contribution in [2.24, 2.45) is 0 Å². The third-order valence-electron chi connectivity index (χ3n) is 2.57. The van der Waals surface area contributed by atoms with E-state index in [-0.39, 0.29) is 6.42 Å². The highest BCUT2D eigenvalue weighted by Crippen LogP contribution is 2.09. The van der Waals surface area contributed by atoms with E-state index < -0.39 is 17.9 Å². The van der Waals surface area contributed by atoms with E-state index in [4.69, 9.17) is 10.2 Å². The van der Waals surface area contributed by atoms with Gasteiger partial charge in [0.25, 0.3) is 0 Å². The van der Waals surface area contributed by atoms with Crippen LogP contribution >= 0.6 is 0 Å². The molecule has 0 radical (unpaired) electrons. The molecule has 0 aliphatic heterocycles. The number of unbranched alkanes of at least 4 members (excludes halogenated alkanes) is 6. The molecule has 4 nitrogen and oxygen atoms in total. The molecule has 1 atom stereocenters. The molecule has 16 heavy (non-hydrogen) atoms. The summed E-state index contributed by atoms with van der Waals surface area (Å²) in [5, 5.41) is 17.3.